The highest BCUT2D eigenvalue weighted by Gasteiger charge is 1.80. The van der Waals surface area contributed by atoms with E-state index < -0.39 is 0 Å². The maximum Gasteiger partial charge on any atom is 0.118 e. The summed E-state index contributed by atoms with van der Waals surface area (Å²) < 4.78 is 4.91. The van der Waals surface area contributed by atoms with Crippen molar-refractivity contribution in [3.05, 3.63) is 30.3 Å². The molecule has 2 N–H and O–H groups in total. The first-order valence-electron chi connectivity index (χ1n) is 3.62. The molecule has 3 heteroatoms. The summed E-state index contributed by atoms with van der Waals surface area (Å²) in [7, 11) is 1.66. The van der Waals surface area contributed by atoms with Gasteiger partial charge in [-0.15, -0.1) is 0 Å². The minimum absolute atomic E-state index is 0.910. The van der Waals surface area contributed by atoms with Crippen molar-refractivity contribution in [1.29, 1.82) is 0 Å². The van der Waals surface area contributed by atoms with Gasteiger partial charge in [-0.05, 0) is 19.1 Å². The van der Waals surface area contributed by atoms with E-state index in [-0.39, 0.29) is 0 Å². The van der Waals surface area contributed by atoms with Crippen LogP contribution in [0.4, 0.5) is 0 Å². The highest BCUT2D eigenvalue weighted by Crippen LogP contribution is 2.05. The molecule has 66 valence electrons. The van der Waals surface area contributed by atoms with Crippen molar-refractivity contribution >= 4 is 6.21 Å². The molecule has 0 aliphatic carbocycles. The zero-order valence-electron chi connectivity index (χ0n) is 7.40. The first-order chi connectivity index (χ1) is 5.85. The Morgan fingerprint density at radius 2 is 1.83 bits per heavy atom. The van der Waals surface area contributed by atoms with E-state index in [1.165, 1.54) is 6.21 Å². The van der Waals surface area contributed by atoms with Crippen molar-refractivity contribution in [2.75, 3.05) is 7.11 Å². The normalized spacial score (nSPS) is 8.83. The SMILES string of the molecule is CC=NN.COc1ccccc1. The molecule has 3 nitrogen and oxygen atoms in total. The number of para-hydroxylation sites is 1. The number of hydrazone groups is 1. The number of hydrogen-bond donors (Lipinski definition) is 1. The molecule has 0 aliphatic rings. The first kappa shape index (κ1) is 10.5. The van der Waals surface area contributed by atoms with Crippen molar-refractivity contribution in [3.63, 3.8) is 0 Å². The van der Waals surface area contributed by atoms with E-state index in [0.29, 0.717) is 0 Å². The van der Waals surface area contributed by atoms with Crippen molar-refractivity contribution in [3.8, 4) is 5.75 Å². The van der Waals surface area contributed by atoms with Gasteiger partial charge in [0.15, 0.2) is 0 Å². The summed E-state index contributed by atoms with van der Waals surface area (Å²) in [6.45, 7) is 1.76. The molecule has 1 rings (SSSR count). The van der Waals surface area contributed by atoms with Crippen LogP contribution in [-0.4, -0.2) is 13.3 Å². The summed E-state index contributed by atoms with van der Waals surface area (Å²) in [5.41, 5.74) is 0. The maximum absolute atomic E-state index is 4.91. The van der Waals surface area contributed by atoms with E-state index >= 15 is 0 Å². The lowest BCUT2D eigenvalue weighted by Gasteiger charge is -1.93. The largest absolute Gasteiger partial charge is 0.497 e. The summed E-state index contributed by atoms with van der Waals surface area (Å²) in [6, 6.07) is 9.68. The second-order valence-corrected chi connectivity index (χ2v) is 1.92. The average molecular weight is 166 g/mol. The molecule has 0 saturated carbocycles. The van der Waals surface area contributed by atoms with E-state index in [1.54, 1.807) is 14.0 Å². The fourth-order valence-electron chi connectivity index (χ4n) is 0.557. The van der Waals surface area contributed by atoms with Gasteiger partial charge in [0.1, 0.15) is 5.75 Å². The summed E-state index contributed by atoms with van der Waals surface area (Å²) in [5, 5.41) is 3.11. The van der Waals surface area contributed by atoms with E-state index in [2.05, 4.69) is 10.9 Å². The van der Waals surface area contributed by atoms with Gasteiger partial charge in [0, 0.05) is 6.21 Å². The summed E-state index contributed by atoms with van der Waals surface area (Å²) in [5.74, 6) is 5.51. The molecule has 0 aromatic heterocycles. The van der Waals surface area contributed by atoms with Gasteiger partial charge in [-0.25, -0.2) is 0 Å². The molecular formula is C9H14N2O. The number of methoxy groups -OCH3 is 1. The van der Waals surface area contributed by atoms with Crippen molar-refractivity contribution in [2.45, 2.75) is 6.92 Å². The van der Waals surface area contributed by atoms with Gasteiger partial charge in [-0.1, -0.05) is 18.2 Å². The van der Waals surface area contributed by atoms with Crippen LogP contribution in [0.3, 0.4) is 0 Å². The predicted octanol–water partition coefficient (Wildman–Crippen LogP) is 1.65. The van der Waals surface area contributed by atoms with Crippen LogP contribution in [0.2, 0.25) is 0 Å². The van der Waals surface area contributed by atoms with Gasteiger partial charge >= 0.3 is 0 Å². The second kappa shape index (κ2) is 7.60. The molecule has 1 aromatic carbocycles. The Balaban J connectivity index is 0.000000261. The smallest absolute Gasteiger partial charge is 0.118 e. The summed E-state index contributed by atoms with van der Waals surface area (Å²) in [6.07, 6.45) is 1.53. The van der Waals surface area contributed by atoms with E-state index in [0.717, 1.165) is 5.75 Å². The molecule has 0 atom stereocenters. The number of nitrogens with two attached hydrogens (primary N) is 1. The van der Waals surface area contributed by atoms with Crippen LogP contribution in [0.15, 0.2) is 35.4 Å². The third-order valence-electron chi connectivity index (χ3n) is 1.13. The molecule has 0 unspecified atom stereocenters. The first-order valence-corrected chi connectivity index (χ1v) is 3.62. The lowest BCUT2D eigenvalue weighted by atomic mass is 10.3. The van der Waals surface area contributed by atoms with Crippen LogP contribution in [0.25, 0.3) is 0 Å². The molecule has 0 saturated heterocycles. The zero-order valence-corrected chi connectivity index (χ0v) is 7.40. The Hall–Kier alpha value is -1.51. The molecule has 0 heterocycles. The molecule has 0 radical (unpaired) electrons. The molecule has 12 heavy (non-hydrogen) atoms. The van der Waals surface area contributed by atoms with Crippen molar-refractivity contribution in [1.82, 2.24) is 0 Å². The van der Waals surface area contributed by atoms with E-state index in [4.69, 9.17) is 4.74 Å². The minimum atomic E-state index is 0.910. The highest BCUT2D eigenvalue weighted by molar-refractivity contribution is 5.52. The number of rotatable bonds is 1. The molecule has 0 aliphatic heterocycles. The molecule has 0 fully saturated rings. The van der Waals surface area contributed by atoms with Crippen LogP contribution in [0.5, 0.6) is 5.75 Å². The fourth-order valence-corrected chi connectivity index (χ4v) is 0.557. The lowest BCUT2D eigenvalue weighted by molar-refractivity contribution is 0.415. The molecule has 0 bridgehead atoms. The quantitative estimate of drug-likeness (QED) is 0.391. The van der Waals surface area contributed by atoms with Crippen LogP contribution in [0, 0.1) is 0 Å². The van der Waals surface area contributed by atoms with E-state index in [1.807, 2.05) is 30.3 Å². The highest BCUT2D eigenvalue weighted by atomic mass is 16.5. The van der Waals surface area contributed by atoms with Crippen LogP contribution >= 0.6 is 0 Å². The van der Waals surface area contributed by atoms with Crippen LogP contribution in [-0.2, 0) is 0 Å². The third kappa shape index (κ3) is 5.29. The molecular weight excluding hydrogens is 152 g/mol. The second-order valence-electron chi connectivity index (χ2n) is 1.92. The van der Waals surface area contributed by atoms with Gasteiger partial charge in [-0.2, -0.15) is 5.10 Å². The number of nitrogens with zero attached hydrogens (tertiary/aromatic N) is 1. The van der Waals surface area contributed by atoms with Gasteiger partial charge in [-0.3, -0.25) is 0 Å². The third-order valence-corrected chi connectivity index (χ3v) is 1.13. The predicted molar refractivity (Wildman–Crippen MR) is 51.3 cm³/mol. The average Bonchev–Trinajstić information content (AvgIpc) is 2.19. The standard InChI is InChI=1S/C7H8O.C2H6N2/c1-8-7-5-3-2-4-6-7;1-2-4-3/h2-6H,1H3;2H,3H2,1H3. The lowest BCUT2D eigenvalue weighted by Crippen LogP contribution is -1.78. The van der Waals surface area contributed by atoms with Crippen LogP contribution in [0.1, 0.15) is 6.92 Å². The molecule has 0 amide bonds. The number of ether oxygens (including phenoxy) is 1. The fraction of sp³-hybridized carbons (Fsp3) is 0.222. The topological polar surface area (TPSA) is 47.6 Å². The van der Waals surface area contributed by atoms with Gasteiger partial charge in [0.2, 0.25) is 0 Å². The number of benzene rings is 1. The summed E-state index contributed by atoms with van der Waals surface area (Å²) in [4.78, 5) is 0. The Morgan fingerprint density at radius 1 is 1.33 bits per heavy atom. The van der Waals surface area contributed by atoms with Gasteiger partial charge < -0.3 is 10.6 Å². The van der Waals surface area contributed by atoms with Crippen molar-refractivity contribution < 1.29 is 4.74 Å². The molecule has 1 aromatic rings. The Labute approximate surface area is 72.9 Å². The van der Waals surface area contributed by atoms with Gasteiger partial charge in [0.05, 0.1) is 7.11 Å². The zero-order chi connectivity index (χ0) is 9.23. The van der Waals surface area contributed by atoms with Gasteiger partial charge in [0.25, 0.3) is 0 Å². The van der Waals surface area contributed by atoms with E-state index in [9.17, 15) is 0 Å². The number of hydrogen-bond acceptors (Lipinski definition) is 3. The monoisotopic (exact) mass is 166 g/mol. The summed E-state index contributed by atoms with van der Waals surface area (Å²) >= 11 is 0. The minimum Gasteiger partial charge on any atom is -0.497 e. The van der Waals surface area contributed by atoms with Crippen molar-refractivity contribution in [2.24, 2.45) is 10.9 Å². The molecule has 0 spiro atoms. The van der Waals surface area contributed by atoms with Crippen LogP contribution < -0.4 is 10.6 Å². The Kier molecular flexibility index (Phi) is 6.64. The Bertz CT molecular complexity index is 205. The maximum atomic E-state index is 4.91. The Morgan fingerprint density at radius 3 is 2.08 bits per heavy atom.